The quantitative estimate of drug-likeness (QED) is 0.705. The van der Waals surface area contributed by atoms with Crippen molar-refractivity contribution in [1.29, 1.82) is 0 Å². The zero-order valence-corrected chi connectivity index (χ0v) is 8.30. The van der Waals surface area contributed by atoms with E-state index in [4.69, 9.17) is 4.74 Å². The Morgan fingerprint density at radius 1 is 1.64 bits per heavy atom. The van der Waals surface area contributed by atoms with Gasteiger partial charge in [-0.2, -0.15) is 0 Å². The fraction of sp³-hybridized carbons (Fsp3) is 0.556. The molecular formula is C9H13N3O2. The molecule has 5 nitrogen and oxygen atoms in total. The number of cyclic esters (lactones) is 1. The highest BCUT2D eigenvalue weighted by Gasteiger charge is 2.29. The van der Waals surface area contributed by atoms with Crippen molar-refractivity contribution in [3.05, 3.63) is 18.2 Å². The summed E-state index contributed by atoms with van der Waals surface area (Å²) in [5, 5.41) is 0. The number of aromatic nitrogens is 2. The Kier molecular flexibility index (Phi) is 2.15. The SMILES string of the molecule is C[C@H](c1nccn1C)N1CCOC1=O. The third-order valence-corrected chi connectivity index (χ3v) is 2.49. The molecule has 0 N–H and O–H groups in total. The van der Waals surface area contributed by atoms with Gasteiger partial charge in [0.25, 0.3) is 0 Å². The monoisotopic (exact) mass is 195 g/mol. The van der Waals surface area contributed by atoms with Gasteiger partial charge < -0.3 is 9.30 Å². The van der Waals surface area contributed by atoms with Crippen molar-refractivity contribution < 1.29 is 9.53 Å². The van der Waals surface area contributed by atoms with E-state index >= 15 is 0 Å². The van der Waals surface area contributed by atoms with E-state index in [1.807, 2.05) is 24.7 Å². The fourth-order valence-electron chi connectivity index (χ4n) is 1.68. The second-order valence-electron chi connectivity index (χ2n) is 3.38. The Bertz CT molecular complexity index is 348. The molecule has 1 fully saturated rings. The van der Waals surface area contributed by atoms with Crippen LogP contribution < -0.4 is 0 Å². The molecule has 1 saturated heterocycles. The average Bonchev–Trinajstić information content (AvgIpc) is 2.73. The number of amides is 1. The summed E-state index contributed by atoms with van der Waals surface area (Å²) < 4.78 is 6.79. The van der Waals surface area contributed by atoms with Gasteiger partial charge in [0.2, 0.25) is 0 Å². The van der Waals surface area contributed by atoms with Crippen LogP contribution in [0.1, 0.15) is 18.8 Å². The van der Waals surface area contributed by atoms with Crippen LogP contribution in [0.2, 0.25) is 0 Å². The van der Waals surface area contributed by atoms with Crippen LogP contribution in [0.5, 0.6) is 0 Å². The van der Waals surface area contributed by atoms with E-state index in [2.05, 4.69) is 4.98 Å². The fourth-order valence-corrected chi connectivity index (χ4v) is 1.68. The molecule has 2 heterocycles. The van der Waals surface area contributed by atoms with Crippen molar-refractivity contribution in [3.63, 3.8) is 0 Å². The highest BCUT2D eigenvalue weighted by Crippen LogP contribution is 2.21. The molecule has 5 heteroatoms. The van der Waals surface area contributed by atoms with Crippen LogP contribution >= 0.6 is 0 Å². The first kappa shape index (κ1) is 9.05. The zero-order valence-electron chi connectivity index (χ0n) is 8.30. The topological polar surface area (TPSA) is 47.4 Å². The van der Waals surface area contributed by atoms with E-state index in [-0.39, 0.29) is 12.1 Å². The van der Waals surface area contributed by atoms with E-state index < -0.39 is 0 Å². The number of rotatable bonds is 2. The maximum absolute atomic E-state index is 11.3. The molecule has 14 heavy (non-hydrogen) atoms. The highest BCUT2D eigenvalue weighted by atomic mass is 16.6. The van der Waals surface area contributed by atoms with Gasteiger partial charge in [0.15, 0.2) is 0 Å². The van der Waals surface area contributed by atoms with Gasteiger partial charge in [0.1, 0.15) is 12.4 Å². The summed E-state index contributed by atoms with van der Waals surface area (Å²) >= 11 is 0. The predicted octanol–water partition coefficient (Wildman–Crippen LogP) is 0.933. The summed E-state index contributed by atoms with van der Waals surface area (Å²) in [4.78, 5) is 17.2. The summed E-state index contributed by atoms with van der Waals surface area (Å²) in [6.45, 7) is 3.08. The van der Waals surface area contributed by atoms with Crippen LogP contribution in [0.25, 0.3) is 0 Å². The molecule has 0 spiro atoms. The Hall–Kier alpha value is -1.52. The van der Waals surface area contributed by atoms with Crippen LogP contribution in [0.3, 0.4) is 0 Å². The second-order valence-corrected chi connectivity index (χ2v) is 3.38. The average molecular weight is 195 g/mol. The molecule has 1 aromatic heterocycles. The van der Waals surface area contributed by atoms with Gasteiger partial charge >= 0.3 is 6.09 Å². The molecule has 2 rings (SSSR count). The first-order valence-electron chi connectivity index (χ1n) is 4.61. The van der Waals surface area contributed by atoms with Crippen molar-refractivity contribution in [3.8, 4) is 0 Å². The van der Waals surface area contributed by atoms with Gasteiger partial charge in [-0.25, -0.2) is 9.78 Å². The molecule has 1 aromatic rings. The number of ether oxygens (including phenoxy) is 1. The highest BCUT2D eigenvalue weighted by molar-refractivity contribution is 5.69. The second kappa shape index (κ2) is 3.32. The van der Waals surface area contributed by atoms with Gasteiger partial charge in [-0.1, -0.05) is 0 Å². The minimum Gasteiger partial charge on any atom is -0.448 e. The first-order chi connectivity index (χ1) is 6.70. The van der Waals surface area contributed by atoms with Crippen LogP contribution in [-0.2, 0) is 11.8 Å². The van der Waals surface area contributed by atoms with Gasteiger partial charge in [0.05, 0.1) is 12.6 Å². The smallest absolute Gasteiger partial charge is 0.410 e. The molecular weight excluding hydrogens is 182 g/mol. The van der Waals surface area contributed by atoms with Gasteiger partial charge in [0, 0.05) is 19.4 Å². The summed E-state index contributed by atoms with van der Waals surface area (Å²) in [7, 11) is 1.92. The molecule has 1 aliphatic heterocycles. The van der Waals surface area contributed by atoms with Crippen molar-refractivity contribution in [2.24, 2.45) is 7.05 Å². The Morgan fingerprint density at radius 3 is 2.93 bits per heavy atom. The molecule has 0 aliphatic carbocycles. The van der Waals surface area contributed by atoms with Gasteiger partial charge in [-0.05, 0) is 6.92 Å². The minimum absolute atomic E-state index is 0.0231. The Labute approximate surface area is 82.3 Å². The molecule has 1 atom stereocenters. The van der Waals surface area contributed by atoms with Crippen molar-refractivity contribution in [2.75, 3.05) is 13.2 Å². The maximum atomic E-state index is 11.3. The summed E-state index contributed by atoms with van der Waals surface area (Å²) in [6, 6.07) is -0.0231. The molecule has 1 amide bonds. The third kappa shape index (κ3) is 1.34. The van der Waals surface area contributed by atoms with E-state index in [0.717, 1.165) is 5.82 Å². The minimum atomic E-state index is -0.250. The molecule has 0 bridgehead atoms. The molecule has 0 aromatic carbocycles. The van der Waals surface area contributed by atoms with E-state index in [9.17, 15) is 4.79 Å². The lowest BCUT2D eigenvalue weighted by molar-refractivity contribution is 0.148. The normalized spacial score (nSPS) is 18.4. The number of nitrogens with zero attached hydrogens (tertiary/aromatic N) is 3. The van der Waals surface area contributed by atoms with Crippen molar-refractivity contribution in [1.82, 2.24) is 14.5 Å². The summed E-state index contributed by atoms with van der Waals surface area (Å²) in [5.74, 6) is 0.879. The zero-order chi connectivity index (χ0) is 10.1. The van der Waals surface area contributed by atoms with Crippen LogP contribution in [0, 0.1) is 0 Å². The number of imidazole rings is 1. The molecule has 0 unspecified atom stereocenters. The molecule has 0 radical (unpaired) electrons. The lowest BCUT2D eigenvalue weighted by Gasteiger charge is -2.20. The van der Waals surface area contributed by atoms with Crippen molar-refractivity contribution >= 4 is 6.09 Å². The first-order valence-corrected chi connectivity index (χ1v) is 4.61. The molecule has 76 valence electrons. The van der Waals surface area contributed by atoms with Crippen LogP contribution in [0.4, 0.5) is 4.79 Å². The number of carbonyl (C=O) groups is 1. The standard InChI is InChI=1S/C9H13N3O2/c1-7(8-10-3-4-11(8)2)12-5-6-14-9(12)13/h3-4,7H,5-6H2,1-2H3/t7-/m1/s1. The number of hydrogen-bond acceptors (Lipinski definition) is 3. The molecule has 0 saturated carbocycles. The van der Waals surface area contributed by atoms with Crippen LogP contribution in [-0.4, -0.2) is 33.7 Å². The van der Waals surface area contributed by atoms with Gasteiger partial charge in [-0.15, -0.1) is 0 Å². The van der Waals surface area contributed by atoms with E-state index in [1.165, 1.54) is 0 Å². The largest absolute Gasteiger partial charge is 0.448 e. The Morgan fingerprint density at radius 2 is 2.43 bits per heavy atom. The third-order valence-electron chi connectivity index (χ3n) is 2.49. The van der Waals surface area contributed by atoms with Crippen LogP contribution in [0.15, 0.2) is 12.4 Å². The molecule has 1 aliphatic rings. The number of hydrogen-bond donors (Lipinski definition) is 0. The van der Waals surface area contributed by atoms with E-state index in [0.29, 0.717) is 13.2 Å². The summed E-state index contributed by atoms with van der Waals surface area (Å²) in [6.07, 6.45) is 3.35. The number of aryl methyl sites for hydroxylation is 1. The lowest BCUT2D eigenvalue weighted by Crippen LogP contribution is -2.29. The van der Waals surface area contributed by atoms with Crippen molar-refractivity contribution in [2.45, 2.75) is 13.0 Å². The lowest BCUT2D eigenvalue weighted by atomic mass is 10.3. The van der Waals surface area contributed by atoms with E-state index in [1.54, 1.807) is 11.1 Å². The van der Waals surface area contributed by atoms with Gasteiger partial charge in [-0.3, -0.25) is 4.90 Å². The Balaban J connectivity index is 2.19. The summed E-state index contributed by atoms with van der Waals surface area (Å²) in [5.41, 5.74) is 0. The number of carbonyl (C=O) groups excluding carboxylic acids is 1. The predicted molar refractivity (Wildman–Crippen MR) is 49.7 cm³/mol. The maximum Gasteiger partial charge on any atom is 0.410 e.